The maximum absolute atomic E-state index is 12.2. The quantitative estimate of drug-likeness (QED) is 0.381. The van der Waals surface area contributed by atoms with Crippen molar-refractivity contribution in [2.75, 3.05) is 40.2 Å². The van der Waals surface area contributed by atoms with Crippen molar-refractivity contribution in [2.45, 2.75) is 38.4 Å². The van der Waals surface area contributed by atoms with Crippen molar-refractivity contribution in [3.63, 3.8) is 0 Å². The summed E-state index contributed by atoms with van der Waals surface area (Å²) in [7, 11) is 4.88. The van der Waals surface area contributed by atoms with Crippen molar-refractivity contribution < 1.29 is 19.0 Å². The van der Waals surface area contributed by atoms with Gasteiger partial charge < -0.3 is 24.1 Å². The first kappa shape index (κ1) is 24.0. The van der Waals surface area contributed by atoms with Crippen LogP contribution in [0.4, 0.5) is 0 Å². The van der Waals surface area contributed by atoms with E-state index < -0.39 is 0 Å². The number of carbonyl (C=O) groups excluding carboxylic acids is 1. The van der Waals surface area contributed by atoms with Crippen LogP contribution in [-0.2, 0) is 16.1 Å². The number of benzene rings is 1. The lowest BCUT2D eigenvalue weighted by Crippen LogP contribution is -2.27. The topological polar surface area (TPSA) is 87.5 Å². The summed E-state index contributed by atoms with van der Waals surface area (Å²) in [6.07, 6.45) is 1.77. The molecule has 1 aromatic carbocycles. The summed E-state index contributed by atoms with van der Waals surface area (Å²) >= 11 is 1.39. The molecule has 1 aromatic heterocycles. The Hall–Kier alpha value is -2.26. The maximum atomic E-state index is 12.2. The van der Waals surface area contributed by atoms with Gasteiger partial charge in [-0.15, -0.1) is 10.2 Å². The summed E-state index contributed by atoms with van der Waals surface area (Å²) < 4.78 is 17.9. The van der Waals surface area contributed by atoms with Gasteiger partial charge in [-0.05, 0) is 37.0 Å². The van der Waals surface area contributed by atoms with Crippen molar-refractivity contribution in [1.82, 2.24) is 20.1 Å². The largest absolute Gasteiger partial charge is 0.493 e. The zero-order valence-electron chi connectivity index (χ0n) is 18.4. The summed E-state index contributed by atoms with van der Waals surface area (Å²) in [4.78, 5) is 12.2. The average Bonchev–Trinajstić information content (AvgIpc) is 3.14. The Kier molecular flexibility index (Phi) is 9.96. The molecule has 0 spiro atoms. The van der Waals surface area contributed by atoms with Crippen LogP contribution in [0.25, 0.3) is 11.4 Å². The SMILES string of the molecule is COCCCn1c(SCC(=O)NCCC(C)C)nnc1-c1ccc(OC)c(OC)c1. The molecule has 0 atom stereocenters. The summed E-state index contributed by atoms with van der Waals surface area (Å²) in [5.74, 6) is 2.85. The molecule has 8 nitrogen and oxygen atoms in total. The second-order valence-electron chi connectivity index (χ2n) is 7.20. The fourth-order valence-corrected chi connectivity index (χ4v) is 3.63. The first-order valence-electron chi connectivity index (χ1n) is 10.0. The molecule has 1 heterocycles. The minimum absolute atomic E-state index is 0.000224. The lowest BCUT2D eigenvalue weighted by Gasteiger charge is -2.12. The second-order valence-corrected chi connectivity index (χ2v) is 8.14. The Bertz CT molecular complexity index is 810. The third kappa shape index (κ3) is 6.91. The molecule has 1 amide bonds. The Morgan fingerprint density at radius 3 is 2.60 bits per heavy atom. The van der Waals surface area contributed by atoms with Crippen LogP contribution < -0.4 is 14.8 Å². The Labute approximate surface area is 182 Å². The van der Waals surface area contributed by atoms with Gasteiger partial charge in [0.05, 0.1) is 20.0 Å². The van der Waals surface area contributed by atoms with Gasteiger partial charge in [0.2, 0.25) is 5.91 Å². The lowest BCUT2D eigenvalue weighted by molar-refractivity contribution is -0.118. The number of nitrogens with one attached hydrogen (secondary N) is 1. The van der Waals surface area contributed by atoms with E-state index in [2.05, 4.69) is 29.4 Å². The van der Waals surface area contributed by atoms with E-state index in [1.54, 1.807) is 21.3 Å². The molecule has 2 rings (SSSR count). The van der Waals surface area contributed by atoms with Crippen LogP contribution in [-0.4, -0.2) is 60.9 Å². The van der Waals surface area contributed by atoms with Gasteiger partial charge in [0.1, 0.15) is 0 Å². The molecule has 30 heavy (non-hydrogen) atoms. The molecule has 0 aliphatic heterocycles. The van der Waals surface area contributed by atoms with Crippen molar-refractivity contribution in [3.05, 3.63) is 18.2 Å². The molecule has 0 saturated heterocycles. The standard InChI is InChI=1S/C21H32N4O4S/c1-15(2)9-10-22-19(26)14-30-21-24-23-20(25(21)11-6-12-27-3)16-7-8-17(28-4)18(13-16)29-5/h7-8,13,15H,6,9-12,14H2,1-5H3,(H,22,26). The van der Waals surface area contributed by atoms with E-state index in [9.17, 15) is 4.79 Å². The minimum Gasteiger partial charge on any atom is -0.493 e. The molecular weight excluding hydrogens is 404 g/mol. The monoisotopic (exact) mass is 436 g/mol. The second kappa shape index (κ2) is 12.4. The molecule has 166 valence electrons. The number of hydrogen-bond acceptors (Lipinski definition) is 7. The van der Waals surface area contributed by atoms with E-state index >= 15 is 0 Å². The highest BCUT2D eigenvalue weighted by atomic mass is 32.2. The minimum atomic E-state index is -0.000224. The van der Waals surface area contributed by atoms with E-state index in [1.165, 1.54) is 11.8 Å². The zero-order chi connectivity index (χ0) is 21.9. The average molecular weight is 437 g/mol. The summed E-state index contributed by atoms with van der Waals surface area (Å²) in [6, 6.07) is 5.64. The Morgan fingerprint density at radius 2 is 1.93 bits per heavy atom. The smallest absolute Gasteiger partial charge is 0.230 e. The lowest BCUT2D eigenvalue weighted by atomic mass is 10.1. The number of amides is 1. The van der Waals surface area contributed by atoms with Gasteiger partial charge in [-0.3, -0.25) is 4.79 Å². The van der Waals surface area contributed by atoms with E-state index in [1.807, 2.05) is 22.8 Å². The predicted molar refractivity (Wildman–Crippen MR) is 118 cm³/mol. The van der Waals surface area contributed by atoms with Crippen LogP contribution in [0.3, 0.4) is 0 Å². The normalized spacial score (nSPS) is 11.0. The third-order valence-electron chi connectivity index (χ3n) is 4.46. The van der Waals surface area contributed by atoms with Crippen LogP contribution in [0.1, 0.15) is 26.7 Å². The van der Waals surface area contributed by atoms with Crippen LogP contribution in [0.2, 0.25) is 0 Å². The van der Waals surface area contributed by atoms with Gasteiger partial charge in [0.25, 0.3) is 0 Å². The van der Waals surface area contributed by atoms with Gasteiger partial charge in [-0.1, -0.05) is 25.6 Å². The van der Waals surface area contributed by atoms with Crippen LogP contribution in [0.5, 0.6) is 11.5 Å². The van der Waals surface area contributed by atoms with Gasteiger partial charge >= 0.3 is 0 Å². The number of thioether (sulfide) groups is 1. The van der Waals surface area contributed by atoms with Gasteiger partial charge in [-0.2, -0.15) is 0 Å². The van der Waals surface area contributed by atoms with Crippen molar-refractivity contribution in [1.29, 1.82) is 0 Å². The molecule has 1 N–H and O–H groups in total. The van der Waals surface area contributed by atoms with E-state index in [4.69, 9.17) is 14.2 Å². The molecule has 2 aromatic rings. The van der Waals surface area contributed by atoms with E-state index in [0.29, 0.717) is 48.0 Å². The van der Waals surface area contributed by atoms with Crippen molar-refractivity contribution >= 4 is 17.7 Å². The highest BCUT2D eigenvalue weighted by Crippen LogP contribution is 2.33. The number of hydrogen-bond donors (Lipinski definition) is 1. The number of methoxy groups -OCH3 is 3. The number of carbonyl (C=O) groups is 1. The molecule has 0 fully saturated rings. The molecule has 0 aliphatic rings. The zero-order valence-corrected chi connectivity index (χ0v) is 19.3. The highest BCUT2D eigenvalue weighted by Gasteiger charge is 2.17. The number of aromatic nitrogens is 3. The Balaban J connectivity index is 2.17. The maximum Gasteiger partial charge on any atom is 0.230 e. The molecule has 0 saturated carbocycles. The fraction of sp³-hybridized carbons (Fsp3) is 0.571. The summed E-state index contributed by atoms with van der Waals surface area (Å²) in [6.45, 7) is 6.28. The molecule has 9 heteroatoms. The van der Waals surface area contributed by atoms with Crippen molar-refractivity contribution in [3.8, 4) is 22.9 Å². The molecule has 0 radical (unpaired) electrons. The van der Waals surface area contributed by atoms with Crippen LogP contribution in [0.15, 0.2) is 23.4 Å². The molecule has 0 unspecified atom stereocenters. The summed E-state index contributed by atoms with van der Waals surface area (Å²) in [5, 5.41) is 12.4. The Morgan fingerprint density at radius 1 is 1.17 bits per heavy atom. The highest BCUT2D eigenvalue weighted by molar-refractivity contribution is 7.99. The number of rotatable bonds is 13. The third-order valence-corrected chi connectivity index (χ3v) is 5.43. The van der Waals surface area contributed by atoms with Crippen molar-refractivity contribution in [2.24, 2.45) is 5.92 Å². The molecule has 0 aliphatic carbocycles. The number of ether oxygens (including phenoxy) is 3. The van der Waals surface area contributed by atoms with Crippen LogP contribution in [0, 0.1) is 5.92 Å². The molecule has 0 bridgehead atoms. The molecular formula is C21H32N4O4S. The van der Waals surface area contributed by atoms with E-state index in [0.717, 1.165) is 24.2 Å². The fourth-order valence-electron chi connectivity index (χ4n) is 2.83. The first-order valence-corrected chi connectivity index (χ1v) is 11.0. The van der Waals surface area contributed by atoms with Gasteiger partial charge in [0.15, 0.2) is 22.5 Å². The van der Waals surface area contributed by atoms with Gasteiger partial charge in [0, 0.05) is 32.4 Å². The number of nitrogens with zero attached hydrogens (tertiary/aromatic N) is 3. The van der Waals surface area contributed by atoms with Gasteiger partial charge in [-0.25, -0.2) is 0 Å². The van der Waals surface area contributed by atoms with Crippen LogP contribution >= 0.6 is 11.8 Å². The van der Waals surface area contributed by atoms with E-state index in [-0.39, 0.29) is 5.91 Å². The summed E-state index contributed by atoms with van der Waals surface area (Å²) in [5.41, 5.74) is 0.866. The predicted octanol–water partition coefficient (Wildman–Crippen LogP) is 3.25. The first-order chi connectivity index (χ1) is 14.5.